The van der Waals surface area contributed by atoms with Crippen LogP contribution in [-0.4, -0.2) is 22.5 Å². The van der Waals surface area contributed by atoms with Crippen molar-refractivity contribution < 1.29 is 9.59 Å². The van der Waals surface area contributed by atoms with Crippen molar-refractivity contribution in [3.8, 4) is 0 Å². The Bertz CT molecular complexity index is 1050. The standard InChI is InChI=1S/C21H17N3O2/c25-20-16-6-3-5-14(16)15-9-8-13(11-18(15)24-20)22-21(26)19-10-12-4-1-2-7-17(12)23-19/h1-2,4,7-11,15,23H,3,5-6H2,(H,24,25). The summed E-state index contributed by atoms with van der Waals surface area (Å²) in [7, 11) is 0. The number of H-pyrrole nitrogens is 1. The molecule has 1 atom stereocenters. The van der Waals surface area contributed by atoms with Crippen LogP contribution in [0.15, 0.2) is 70.4 Å². The SMILES string of the molecule is O=C1NC2=CC(=NC(=O)c3cc4ccccc4[nH]3)C=CC2C2=C1CCC2. The highest BCUT2D eigenvalue weighted by Gasteiger charge is 2.34. The van der Waals surface area contributed by atoms with Gasteiger partial charge in [-0.25, -0.2) is 4.99 Å². The van der Waals surface area contributed by atoms with E-state index in [-0.39, 0.29) is 17.7 Å². The number of hydrogen-bond donors (Lipinski definition) is 2. The third-order valence-electron chi connectivity index (χ3n) is 5.26. The van der Waals surface area contributed by atoms with Gasteiger partial charge in [0, 0.05) is 28.1 Å². The Morgan fingerprint density at radius 3 is 2.96 bits per heavy atom. The van der Waals surface area contributed by atoms with E-state index in [1.165, 1.54) is 5.57 Å². The predicted molar refractivity (Wildman–Crippen MR) is 99.8 cm³/mol. The van der Waals surface area contributed by atoms with Crippen LogP contribution in [-0.2, 0) is 4.79 Å². The number of aromatic nitrogens is 1. The molecule has 0 saturated carbocycles. The van der Waals surface area contributed by atoms with Gasteiger partial charge in [0.2, 0.25) is 0 Å². The number of para-hydroxylation sites is 1. The second-order valence-corrected chi connectivity index (χ2v) is 6.86. The zero-order valence-electron chi connectivity index (χ0n) is 14.1. The summed E-state index contributed by atoms with van der Waals surface area (Å²) in [6.45, 7) is 0. The largest absolute Gasteiger partial charge is 0.350 e. The van der Waals surface area contributed by atoms with Crippen molar-refractivity contribution >= 4 is 28.4 Å². The molecule has 0 bridgehead atoms. The molecule has 0 fully saturated rings. The smallest absolute Gasteiger partial charge is 0.293 e. The number of nitrogens with one attached hydrogen (secondary N) is 2. The van der Waals surface area contributed by atoms with E-state index in [1.54, 1.807) is 0 Å². The van der Waals surface area contributed by atoms with Crippen molar-refractivity contribution in [1.82, 2.24) is 10.3 Å². The summed E-state index contributed by atoms with van der Waals surface area (Å²) >= 11 is 0. The molecule has 2 amide bonds. The Morgan fingerprint density at radius 2 is 2.08 bits per heavy atom. The topological polar surface area (TPSA) is 74.3 Å². The van der Waals surface area contributed by atoms with E-state index in [1.807, 2.05) is 48.6 Å². The Labute approximate surface area is 150 Å². The van der Waals surface area contributed by atoms with E-state index in [4.69, 9.17) is 0 Å². The van der Waals surface area contributed by atoms with Gasteiger partial charge in [0.15, 0.2) is 0 Å². The molecule has 1 aromatic heterocycles. The predicted octanol–water partition coefficient (Wildman–Crippen LogP) is 3.43. The van der Waals surface area contributed by atoms with E-state index in [9.17, 15) is 9.59 Å². The zero-order valence-corrected chi connectivity index (χ0v) is 14.1. The molecule has 2 heterocycles. The van der Waals surface area contributed by atoms with Gasteiger partial charge in [0.1, 0.15) is 5.69 Å². The molecule has 128 valence electrons. The van der Waals surface area contributed by atoms with Gasteiger partial charge in [-0.05, 0) is 49.1 Å². The summed E-state index contributed by atoms with van der Waals surface area (Å²) in [5.74, 6) is -0.206. The Morgan fingerprint density at radius 1 is 1.19 bits per heavy atom. The number of aliphatic imine (C=N–C) groups is 1. The molecule has 0 saturated heterocycles. The van der Waals surface area contributed by atoms with Crippen LogP contribution >= 0.6 is 0 Å². The van der Waals surface area contributed by atoms with Gasteiger partial charge >= 0.3 is 0 Å². The quantitative estimate of drug-likeness (QED) is 0.832. The summed E-state index contributed by atoms with van der Waals surface area (Å²) in [6.07, 6.45) is 8.58. The number of benzene rings is 1. The molecular formula is C21H17N3O2. The van der Waals surface area contributed by atoms with Gasteiger partial charge in [-0.2, -0.15) is 0 Å². The minimum Gasteiger partial charge on any atom is -0.350 e. The third-order valence-corrected chi connectivity index (χ3v) is 5.26. The lowest BCUT2D eigenvalue weighted by molar-refractivity contribution is -0.117. The normalized spacial score (nSPS) is 23.1. The van der Waals surface area contributed by atoms with Gasteiger partial charge in [-0.15, -0.1) is 0 Å². The Kier molecular flexibility index (Phi) is 3.28. The minimum absolute atomic E-state index is 0.00315. The van der Waals surface area contributed by atoms with Crippen LogP contribution in [0.1, 0.15) is 29.8 Å². The lowest BCUT2D eigenvalue weighted by atomic mass is 9.85. The first kappa shape index (κ1) is 15.1. The molecule has 1 unspecified atom stereocenters. The van der Waals surface area contributed by atoms with E-state index >= 15 is 0 Å². The van der Waals surface area contributed by atoms with Crippen molar-refractivity contribution in [3.05, 3.63) is 71.1 Å². The number of allylic oxidation sites excluding steroid dienone is 3. The van der Waals surface area contributed by atoms with Gasteiger partial charge in [0.05, 0.1) is 5.71 Å². The van der Waals surface area contributed by atoms with Gasteiger partial charge in [-0.3, -0.25) is 9.59 Å². The molecule has 2 N–H and O–H groups in total. The number of carbonyl (C=O) groups excluding carboxylic acids is 2. The molecule has 1 aliphatic heterocycles. The lowest BCUT2D eigenvalue weighted by Crippen LogP contribution is -2.35. The number of fused-ring (bicyclic) bond motifs is 3. The van der Waals surface area contributed by atoms with Crippen molar-refractivity contribution in [3.63, 3.8) is 0 Å². The van der Waals surface area contributed by atoms with Crippen LogP contribution in [0.4, 0.5) is 0 Å². The van der Waals surface area contributed by atoms with Crippen LogP contribution in [0.2, 0.25) is 0 Å². The number of amides is 2. The summed E-state index contributed by atoms with van der Waals surface area (Å²) in [5.41, 5.74) is 4.90. The van der Waals surface area contributed by atoms with Crippen molar-refractivity contribution in [1.29, 1.82) is 0 Å². The summed E-state index contributed by atoms with van der Waals surface area (Å²) in [6, 6.07) is 9.54. The fourth-order valence-corrected chi connectivity index (χ4v) is 4.03. The second-order valence-electron chi connectivity index (χ2n) is 6.86. The summed E-state index contributed by atoms with van der Waals surface area (Å²) in [5, 5.41) is 3.95. The van der Waals surface area contributed by atoms with E-state index in [0.717, 1.165) is 41.4 Å². The molecule has 26 heavy (non-hydrogen) atoms. The molecule has 2 aliphatic carbocycles. The average Bonchev–Trinajstić information content (AvgIpc) is 3.29. The van der Waals surface area contributed by atoms with Crippen molar-refractivity contribution in [2.75, 3.05) is 0 Å². The number of hydrogen-bond acceptors (Lipinski definition) is 2. The molecule has 3 aliphatic rings. The number of carbonyl (C=O) groups is 2. The first-order valence-electron chi connectivity index (χ1n) is 8.83. The highest BCUT2D eigenvalue weighted by molar-refractivity contribution is 6.14. The zero-order chi connectivity index (χ0) is 17.7. The lowest BCUT2D eigenvalue weighted by Gasteiger charge is -2.28. The minimum atomic E-state index is -0.320. The monoisotopic (exact) mass is 343 g/mol. The highest BCUT2D eigenvalue weighted by atomic mass is 16.2. The van der Waals surface area contributed by atoms with Gasteiger partial charge in [0.25, 0.3) is 11.8 Å². The van der Waals surface area contributed by atoms with Crippen LogP contribution in [0.25, 0.3) is 10.9 Å². The van der Waals surface area contributed by atoms with Crippen molar-refractivity contribution in [2.24, 2.45) is 10.9 Å². The molecule has 5 rings (SSSR count). The Hall–Kier alpha value is -3.21. The maximum atomic E-state index is 12.5. The van der Waals surface area contributed by atoms with Crippen LogP contribution in [0.3, 0.4) is 0 Å². The van der Waals surface area contributed by atoms with Crippen LogP contribution < -0.4 is 5.32 Å². The molecule has 2 aromatic rings. The number of nitrogens with zero attached hydrogens (tertiary/aromatic N) is 1. The van der Waals surface area contributed by atoms with Crippen LogP contribution in [0, 0.1) is 5.92 Å². The Balaban J connectivity index is 1.45. The highest BCUT2D eigenvalue weighted by Crippen LogP contribution is 2.39. The van der Waals surface area contributed by atoms with E-state index < -0.39 is 0 Å². The average molecular weight is 343 g/mol. The molecule has 1 aromatic carbocycles. The second kappa shape index (κ2) is 5.66. The maximum absolute atomic E-state index is 12.5. The molecule has 0 spiro atoms. The van der Waals surface area contributed by atoms with Crippen molar-refractivity contribution in [2.45, 2.75) is 19.3 Å². The summed E-state index contributed by atoms with van der Waals surface area (Å²) in [4.78, 5) is 32.1. The maximum Gasteiger partial charge on any atom is 0.293 e. The third kappa shape index (κ3) is 2.36. The molecule has 5 heteroatoms. The number of rotatable bonds is 1. The molecule has 0 radical (unpaired) electrons. The van der Waals surface area contributed by atoms with E-state index in [0.29, 0.717) is 11.4 Å². The van der Waals surface area contributed by atoms with E-state index in [2.05, 4.69) is 15.3 Å². The number of aromatic amines is 1. The van der Waals surface area contributed by atoms with Gasteiger partial charge < -0.3 is 10.3 Å². The molecule has 5 nitrogen and oxygen atoms in total. The van der Waals surface area contributed by atoms with Crippen LogP contribution in [0.5, 0.6) is 0 Å². The van der Waals surface area contributed by atoms with Gasteiger partial charge in [-0.1, -0.05) is 24.3 Å². The first-order chi connectivity index (χ1) is 12.7. The molecular weight excluding hydrogens is 326 g/mol. The first-order valence-corrected chi connectivity index (χ1v) is 8.83. The fourth-order valence-electron chi connectivity index (χ4n) is 4.03. The summed E-state index contributed by atoms with van der Waals surface area (Å²) < 4.78 is 0. The fraction of sp³-hybridized carbons (Fsp3) is 0.190.